The molecule has 0 saturated heterocycles. The van der Waals surface area contributed by atoms with Gasteiger partial charge in [-0.3, -0.25) is 0 Å². The van der Waals surface area contributed by atoms with Gasteiger partial charge in [0.1, 0.15) is 23.0 Å². The van der Waals surface area contributed by atoms with Gasteiger partial charge in [-0.25, -0.2) is 0 Å². The monoisotopic (exact) mass is 1070 g/mol. The molecule has 362 valence electrons. The van der Waals surface area contributed by atoms with E-state index in [0.717, 1.165) is 68.3 Å². The third-order valence-corrected chi connectivity index (χ3v) is 15.9. The first kappa shape index (κ1) is 59.5. The van der Waals surface area contributed by atoms with E-state index in [1.54, 1.807) is 0 Å². The molecule has 0 N–H and O–H groups in total. The van der Waals surface area contributed by atoms with Crippen molar-refractivity contribution in [2.45, 2.75) is 128 Å². The maximum absolute atomic E-state index is 6.05. The fourth-order valence-corrected chi connectivity index (χ4v) is 10.5. The van der Waals surface area contributed by atoms with Gasteiger partial charge >= 0.3 is 0 Å². The van der Waals surface area contributed by atoms with Gasteiger partial charge in [0.2, 0.25) is 0 Å². The van der Waals surface area contributed by atoms with E-state index in [1.165, 1.54) is 69.3 Å². The van der Waals surface area contributed by atoms with Crippen LogP contribution in [0, 0.1) is 51.4 Å². The molecule has 0 fully saturated rings. The van der Waals surface area contributed by atoms with Crippen molar-refractivity contribution in [2.24, 2.45) is 23.7 Å². The molecule has 65 heavy (non-hydrogen) atoms. The number of thioether (sulfide) groups is 4. The fourth-order valence-electron chi connectivity index (χ4n) is 5.44. The Bertz CT molecular complexity index is 1820. The molecule has 4 nitrogen and oxygen atoms in total. The molecule has 0 unspecified atom stereocenters. The maximum atomic E-state index is 6.05. The predicted octanol–water partition coefficient (Wildman–Crippen LogP) is 16.5. The van der Waals surface area contributed by atoms with Gasteiger partial charge in [0, 0.05) is 16.5 Å². The summed E-state index contributed by atoms with van der Waals surface area (Å²) in [5.41, 5.74) is 4.68. The summed E-state index contributed by atoms with van der Waals surface area (Å²) in [4.78, 5) is 4.05. The van der Waals surface area contributed by atoms with Crippen molar-refractivity contribution >= 4 is 97.6 Å². The molecule has 4 aromatic rings. The molecule has 0 aromatic heterocycles. The SMILES string of the molecule is Cc1ccc(OCCC(C)C)c(S/C([S-])=C(/[S-])Sc2cc(C)ccc2OCCC(C)C)c1.Cc1ccc(OCCC(C)C)c(S/C([S-])=C(/[S-])Sc2cc(C)ccc2OCCC(C)C)c1.[Ni]. The second kappa shape index (κ2) is 31.5. The molecule has 0 atom stereocenters. The number of hydrogen-bond acceptors (Lipinski definition) is 12. The van der Waals surface area contributed by atoms with Crippen LogP contribution in [0.1, 0.15) is 103 Å². The fraction of sp³-hybridized carbons (Fsp3) is 0.462. The van der Waals surface area contributed by atoms with Crippen molar-refractivity contribution < 1.29 is 35.4 Å². The average molecular weight is 1070 g/mol. The molecule has 0 heterocycles. The Morgan fingerprint density at radius 2 is 0.554 bits per heavy atom. The van der Waals surface area contributed by atoms with Gasteiger partial charge in [-0.1, -0.05) is 79.7 Å². The summed E-state index contributed by atoms with van der Waals surface area (Å²) < 4.78 is 26.9. The third-order valence-electron chi connectivity index (χ3n) is 9.35. The largest absolute Gasteiger partial charge is 0.774 e. The number of rotatable bonds is 24. The summed E-state index contributed by atoms with van der Waals surface area (Å²) in [5.74, 6) is 5.88. The average Bonchev–Trinajstić information content (AvgIpc) is 3.21. The molecular formula is C52H68NiO4S8-4. The molecule has 4 rings (SSSR count). The molecule has 0 aliphatic heterocycles. The second-order valence-corrected chi connectivity index (χ2v) is 24.4. The van der Waals surface area contributed by atoms with Crippen LogP contribution in [0.25, 0.3) is 0 Å². The van der Waals surface area contributed by atoms with Crippen molar-refractivity contribution in [3.63, 3.8) is 0 Å². The van der Waals surface area contributed by atoms with E-state index < -0.39 is 0 Å². The van der Waals surface area contributed by atoms with Crippen LogP contribution in [0.3, 0.4) is 0 Å². The summed E-state index contributed by atoms with van der Waals surface area (Å²) in [6.07, 6.45) is 4.07. The van der Waals surface area contributed by atoms with Crippen LogP contribution in [0.4, 0.5) is 0 Å². The van der Waals surface area contributed by atoms with Crippen LogP contribution in [0.5, 0.6) is 23.0 Å². The first-order valence-electron chi connectivity index (χ1n) is 22.1. The van der Waals surface area contributed by atoms with Gasteiger partial charge in [0.25, 0.3) is 0 Å². The quantitative estimate of drug-likeness (QED) is 0.0381. The topological polar surface area (TPSA) is 36.9 Å². The Kier molecular flexibility index (Phi) is 28.8. The zero-order chi connectivity index (χ0) is 47.3. The first-order valence-corrected chi connectivity index (χ1v) is 27.0. The number of benzene rings is 4. The third kappa shape index (κ3) is 23.5. The minimum Gasteiger partial charge on any atom is -0.774 e. The van der Waals surface area contributed by atoms with E-state index in [0.29, 0.717) is 67.0 Å². The smallest absolute Gasteiger partial charge is 0.133 e. The second-order valence-electron chi connectivity index (χ2n) is 17.5. The van der Waals surface area contributed by atoms with Crippen molar-refractivity contribution in [3.8, 4) is 23.0 Å². The summed E-state index contributed by atoms with van der Waals surface area (Å²) in [5, 5.41) is 0. The minimum atomic E-state index is 0. The summed E-state index contributed by atoms with van der Waals surface area (Å²) >= 11 is 28.9. The van der Waals surface area contributed by atoms with Crippen molar-refractivity contribution in [3.05, 3.63) is 112 Å². The van der Waals surface area contributed by atoms with Gasteiger partial charge in [-0.2, -0.15) is 0 Å². The number of hydrogen-bond donors (Lipinski definition) is 0. The Balaban J connectivity index is 0.000000440. The molecule has 13 heteroatoms. The van der Waals surface area contributed by atoms with E-state index in [1.807, 2.05) is 24.3 Å². The molecule has 0 radical (unpaired) electrons. The summed E-state index contributed by atoms with van der Waals surface area (Å²) in [6, 6.07) is 24.8. The van der Waals surface area contributed by atoms with Crippen molar-refractivity contribution in [1.82, 2.24) is 0 Å². The Morgan fingerprint density at radius 1 is 0.369 bits per heavy atom. The molecule has 0 saturated carbocycles. The van der Waals surface area contributed by atoms with Crippen LogP contribution in [0.15, 0.2) is 109 Å². The molecule has 0 spiro atoms. The standard InChI is InChI=1S/2C26H36O2S4.Ni/c2*1-17(2)11-13-27-21-9-7-19(5)15-23(21)31-25(29)26(30)32-24-16-20(6)8-10-22(24)28-14-12-18(3)4;/h2*7-10,15-18,29-30H,11-14H2,1-6H3;/p-4/b2*26-25-;. The first-order chi connectivity index (χ1) is 30.3. The van der Waals surface area contributed by atoms with Crippen LogP contribution >= 0.6 is 47.0 Å². The van der Waals surface area contributed by atoms with Crippen LogP contribution in [-0.4, -0.2) is 26.4 Å². The number of aryl methyl sites for hydroxylation is 4. The van der Waals surface area contributed by atoms with E-state index in [9.17, 15) is 0 Å². The zero-order valence-corrected chi connectivity index (χ0v) is 47.6. The minimum absolute atomic E-state index is 0. The zero-order valence-electron chi connectivity index (χ0n) is 40.1. The molecule has 0 bridgehead atoms. The Morgan fingerprint density at radius 3 is 0.723 bits per heavy atom. The van der Waals surface area contributed by atoms with Crippen molar-refractivity contribution in [1.29, 1.82) is 0 Å². The van der Waals surface area contributed by atoms with E-state index in [2.05, 4.69) is 132 Å². The van der Waals surface area contributed by atoms with Gasteiger partial charge < -0.3 is 69.5 Å². The van der Waals surface area contributed by atoms with Gasteiger partial charge in [0.05, 0.1) is 46.0 Å². The molecule has 4 aromatic carbocycles. The summed E-state index contributed by atoms with van der Waals surface area (Å²) in [6.45, 7) is 28.7. The molecule has 0 amide bonds. The number of ether oxygens (including phenoxy) is 4. The van der Waals surface area contributed by atoms with Gasteiger partial charge in [0.15, 0.2) is 0 Å². The van der Waals surface area contributed by atoms with Crippen molar-refractivity contribution in [2.75, 3.05) is 26.4 Å². The van der Waals surface area contributed by atoms with E-state index in [4.69, 9.17) is 69.5 Å². The van der Waals surface area contributed by atoms with E-state index in [-0.39, 0.29) is 16.5 Å². The molecule has 0 aliphatic rings. The molecular weight excluding hydrogens is 1000 g/mol. The predicted molar refractivity (Wildman–Crippen MR) is 291 cm³/mol. The maximum Gasteiger partial charge on any atom is 0.133 e. The van der Waals surface area contributed by atoms with Crippen LogP contribution < -0.4 is 18.9 Å². The van der Waals surface area contributed by atoms with Crippen LogP contribution in [0.2, 0.25) is 0 Å². The van der Waals surface area contributed by atoms with Gasteiger partial charge in [-0.05, 0) is 148 Å². The molecule has 0 aliphatic carbocycles. The Hall–Kier alpha value is -1.67. The summed E-state index contributed by atoms with van der Waals surface area (Å²) in [7, 11) is 0. The van der Waals surface area contributed by atoms with E-state index >= 15 is 0 Å². The normalized spacial score (nSPS) is 12.1. The van der Waals surface area contributed by atoms with Crippen LogP contribution in [-0.2, 0) is 67.0 Å². The Labute approximate surface area is 442 Å². The van der Waals surface area contributed by atoms with Gasteiger partial charge in [-0.15, -0.1) is 64.0 Å².